The molecule has 0 unspecified atom stereocenters. The van der Waals surface area contributed by atoms with Crippen molar-refractivity contribution in [3.05, 3.63) is 24.0 Å². The molecular weight excluding hydrogens is 246 g/mol. The Hall–Kier alpha value is -1.17. The van der Waals surface area contributed by atoms with Crippen LogP contribution in [0.5, 0.6) is 0 Å². The molecule has 0 atom stereocenters. The van der Waals surface area contributed by atoms with Gasteiger partial charge in [0.2, 0.25) is 11.9 Å². The van der Waals surface area contributed by atoms with Crippen LogP contribution in [0.15, 0.2) is 12.3 Å². The van der Waals surface area contributed by atoms with Gasteiger partial charge in [-0.3, -0.25) is 4.79 Å². The second-order valence-electron chi connectivity index (χ2n) is 4.44. The van der Waals surface area contributed by atoms with E-state index in [0.717, 1.165) is 12.3 Å². The summed E-state index contributed by atoms with van der Waals surface area (Å²) in [6.07, 6.45) is 0.738. The Morgan fingerprint density at radius 2 is 2.12 bits per heavy atom. The first-order valence-corrected chi connectivity index (χ1v) is 6.01. The molecule has 0 saturated carbocycles. The zero-order valence-electron chi connectivity index (χ0n) is 9.88. The van der Waals surface area contributed by atoms with Crippen LogP contribution in [0.2, 0.25) is 0 Å². The van der Waals surface area contributed by atoms with Crippen molar-refractivity contribution < 1.29 is 13.6 Å². The lowest BCUT2D eigenvalue weighted by molar-refractivity contribution is -0.113. The highest BCUT2D eigenvalue weighted by Crippen LogP contribution is 2.23. The molecule has 1 aromatic rings. The number of carbonyl (C=O) groups is 1. The normalized spacial score (nSPS) is 11.4. The van der Waals surface area contributed by atoms with Gasteiger partial charge in [-0.15, -0.1) is 11.8 Å². The number of hydrogen-bond donors (Lipinski definition) is 1. The molecule has 0 aliphatic rings. The van der Waals surface area contributed by atoms with Gasteiger partial charge in [0, 0.05) is 10.8 Å². The van der Waals surface area contributed by atoms with Gasteiger partial charge in [-0.2, -0.15) is 4.39 Å². The molecule has 94 valence electrons. The van der Waals surface area contributed by atoms with Crippen LogP contribution in [0.25, 0.3) is 0 Å². The summed E-state index contributed by atoms with van der Waals surface area (Å²) in [6, 6.07) is 0.856. The number of amides is 1. The Labute approximate surface area is 103 Å². The van der Waals surface area contributed by atoms with Crippen LogP contribution >= 0.6 is 11.8 Å². The summed E-state index contributed by atoms with van der Waals surface area (Å²) in [5.41, 5.74) is -0.183. The third kappa shape index (κ3) is 5.12. The van der Waals surface area contributed by atoms with Gasteiger partial charge >= 0.3 is 0 Å². The lowest BCUT2D eigenvalue weighted by atomic mass is 10.3. The third-order valence-electron chi connectivity index (χ3n) is 1.73. The van der Waals surface area contributed by atoms with Crippen molar-refractivity contribution in [1.82, 2.24) is 4.98 Å². The lowest BCUT2D eigenvalue weighted by Crippen LogP contribution is -2.19. The van der Waals surface area contributed by atoms with Crippen molar-refractivity contribution in [2.45, 2.75) is 25.5 Å². The molecule has 0 fully saturated rings. The molecule has 0 spiro atoms. The van der Waals surface area contributed by atoms with Crippen molar-refractivity contribution in [3.8, 4) is 0 Å². The Balaban J connectivity index is 2.59. The molecule has 1 rings (SSSR count). The number of pyridine rings is 1. The number of aromatic nitrogens is 1. The monoisotopic (exact) mass is 260 g/mol. The van der Waals surface area contributed by atoms with Gasteiger partial charge in [0.1, 0.15) is 0 Å². The summed E-state index contributed by atoms with van der Waals surface area (Å²) in [5, 5.41) is 2.31. The van der Waals surface area contributed by atoms with Crippen molar-refractivity contribution in [3.63, 3.8) is 0 Å². The molecular formula is C11H14F2N2OS. The van der Waals surface area contributed by atoms with Gasteiger partial charge < -0.3 is 5.32 Å². The van der Waals surface area contributed by atoms with Crippen LogP contribution in [0.1, 0.15) is 20.8 Å². The van der Waals surface area contributed by atoms with Crippen LogP contribution in [0, 0.1) is 11.8 Å². The maximum absolute atomic E-state index is 13.2. The predicted octanol–water partition coefficient (Wildman–Crippen LogP) is 2.83. The summed E-state index contributed by atoms with van der Waals surface area (Å²) < 4.78 is 25.8. The maximum atomic E-state index is 13.2. The number of halogens is 2. The Morgan fingerprint density at radius 3 is 2.71 bits per heavy atom. The van der Waals surface area contributed by atoms with Gasteiger partial charge in [0.25, 0.3) is 0 Å². The van der Waals surface area contributed by atoms with E-state index in [1.54, 1.807) is 0 Å². The molecule has 1 amide bonds. The van der Waals surface area contributed by atoms with Crippen LogP contribution in [-0.4, -0.2) is 21.4 Å². The molecule has 1 heterocycles. The van der Waals surface area contributed by atoms with Gasteiger partial charge in [0.15, 0.2) is 5.82 Å². The van der Waals surface area contributed by atoms with Crippen molar-refractivity contribution in [2.75, 3.05) is 11.1 Å². The van der Waals surface area contributed by atoms with E-state index in [4.69, 9.17) is 0 Å². The second kappa shape index (κ2) is 5.44. The third-order valence-corrected chi connectivity index (χ3v) is 3.00. The molecule has 6 heteroatoms. The van der Waals surface area contributed by atoms with Gasteiger partial charge in [-0.05, 0) is 0 Å². The van der Waals surface area contributed by atoms with E-state index in [9.17, 15) is 13.6 Å². The van der Waals surface area contributed by atoms with Crippen molar-refractivity contribution >= 4 is 23.4 Å². The molecule has 0 aliphatic carbocycles. The Morgan fingerprint density at radius 1 is 1.47 bits per heavy atom. The first-order valence-electron chi connectivity index (χ1n) is 5.03. The summed E-state index contributed by atoms with van der Waals surface area (Å²) in [4.78, 5) is 14.6. The van der Waals surface area contributed by atoms with Crippen LogP contribution in [-0.2, 0) is 4.79 Å². The summed E-state index contributed by atoms with van der Waals surface area (Å²) in [7, 11) is 0. The van der Waals surface area contributed by atoms with Crippen LogP contribution in [0.3, 0.4) is 0 Å². The standard InChI is InChI=1S/C11H14F2N2OS/c1-11(2,3)17-6-10(16)15-8-4-9(13)14-5-7(8)12/h4-5H,6H2,1-3H3,(H,14,15,16). The van der Waals surface area contributed by atoms with E-state index >= 15 is 0 Å². The molecule has 0 bridgehead atoms. The lowest BCUT2D eigenvalue weighted by Gasteiger charge is -2.17. The molecule has 0 aliphatic heterocycles. The average molecular weight is 260 g/mol. The maximum Gasteiger partial charge on any atom is 0.234 e. The molecule has 1 N–H and O–H groups in total. The molecule has 0 aromatic carbocycles. The fraction of sp³-hybridized carbons (Fsp3) is 0.455. The summed E-state index contributed by atoms with van der Waals surface area (Å²) in [6.45, 7) is 5.91. The smallest absolute Gasteiger partial charge is 0.234 e. The molecule has 0 radical (unpaired) electrons. The van der Waals surface area contributed by atoms with Crippen molar-refractivity contribution in [2.24, 2.45) is 0 Å². The fourth-order valence-electron chi connectivity index (χ4n) is 0.977. The minimum Gasteiger partial charge on any atom is -0.323 e. The number of carbonyl (C=O) groups excluding carboxylic acids is 1. The number of nitrogens with one attached hydrogen (secondary N) is 1. The number of thioether (sulfide) groups is 1. The highest BCUT2D eigenvalue weighted by Gasteiger charge is 2.14. The summed E-state index contributed by atoms with van der Waals surface area (Å²) in [5.74, 6) is -1.76. The van der Waals surface area contributed by atoms with Gasteiger partial charge in [0.05, 0.1) is 17.6 Å². The minimum absolute atomic E-state index is 0.0562. The van der Waals surface area contributed by atoms with Gasteiger partial charge in [-0.1, -0.05) is 20.8 Å². The van der Waals surface area contributed by atoms with E-state index in [-0.39, 0.29) is 22.1 Å². The summed E-state index contributed by atoms with van der Waals surface area (Å²) >= 11 is 1.43. The zero-order valence-corrected chi connectivity index (χ0v) is 10.7. The van der Waals surface area contributed by atoms with E-state index in [2.05, 4.69) is 10.3 Å². The van der Waals surface area contributed by atoms with E-state index in [0.29, 0.717) is 0 Å². The second-order valence-corrected chi connectivity index (χ2v) is 6.24. The number of nitrogens with zero attached hydrogens (tertiary/aromatic N) is 1. The molecule has 17 heavy (non-hydrogen) atoms. The predicted molar refractivity (Wildman–Crippen MR) is 65.0 cm³/mol. The largest absolute Gasteiger partial charge is 0.323 e. The SMILES string of the molecule is CC(C)(C)SCC(=O)Nc1cc(F)ncc1F. The fourth-order valence-corrected chi connectivity index (χ4v) is 1.61. The Kier molecular flexibility index (Phi) is 4.45. The van der Waals surface area contributed by atoms with E-state index < -0.39 is 11.8 Å². The molecule has 3 nitrogen and oxygen atoms in total. The number of hydrogen-bond acceptors (Lipinski definition) is 3. The average Bonchev–Trinajstić information content (AvgIpc) is 2.20. The first kappa shape index (κ1) is 13.9. The quantitative estimate of drug-likeness (QED) is 0.850. The molecule has 0 saturated heterocycles. The number of anilines is 1. The van der Waals surface area contributed by atoms with E-state index in [1.165, 1.54) is 11.8 Å². The van der Waals surface area contributed by atoms with Gasteiger partial charge in [-0.25, -0.2) is 9.37 Å². The van der Waals surface area contributed by atoms with Crippen molar-refractivity contribution in [1.29, 1.82) is 0 Å². The Bertz CT molecular complexity index is 418. The topological polar surface area (TPSA) is 42.0 Å². The highest BCUT2D eigenvalue weighted by molar-refractivity contribution is 8.01. The minimum atomic E-state index is -0.829. The zero-order chi connectivity index (χ0) is 13.1. The van der Waals surface area contributed by atoms with E-state index in [1.807, 2.05) is 20.8 Å². The van der Waals surface area contributed by atoms with Crippen LogP contribution in [0.4, 0.5) is 14.5 Å². The van der Waals surface area contributed by atoms with Crippen LogP contribution < -0.4 is 5.32 Å². The molecule has 1 aromatic heterocycles. The first-order chi connectivity index (χ1) is 7.78. The highest BCUT2D eigenvalue weighted by atomic mass is 32.2. The number of rotatable bonds is 3.